The maximum Gasteiger partial charge on any atom is 0.333 e. The van der Waals surface area contributed by atoms with E-state index in [-0.39, 0.29) is 23.6 Å². The van der Waals surface area contributed by atoms with Gasteiger partial charge in [-0.25, -0.2) is 9.78 Å². The van der Waals surface area contributed by atoms with Crippen LogP contribution in [0.5, 0.6) is 0 Å². The summed E-state index contributed by atoms with van der Waals surface area (Å²) in [6.45, 7) is 6.69. The second-order valence-corrected chi connectivity index (χ2v) is 9.80. The number of benzene rings is 1. The van der Waals surface area contributed by atoms with Crippen molar-refractivity contribution in [1.82, 2.24) is 23.6 Å². The highest BCUT2D eigenvalue weighted by Gasteiger charge is 2.39. The van der Waals surface area contributed by atoms with Crippen molar-refractivity contribution < 1.29 is 9.47 Å². The fourth-order valence-electron chi connectivity index (χ4n) is 5.19. The van der Waals surface area contributed by atoms with Gasteiger partial charge in [0.15, 0.2) is 17.0 Å². The lowest BCUT2D eigenvalue weighted by atomic mass is 10.0. The Morgan fingerprint density at radius 3 is 2.37 bits per heavy atom. The van der Waals surface area contributed by atoms with Crippen molar-refractivity contribution >= 4 is 22.8 Å². The lowest BCUT2D eigenvalue weighted by Crippen LogP contribution is -2.45. The first kappa shape index (κ1) is 24.2. The zero-order valence-electron chi connectivity index (χ0n) is 20.3. The monoisotopic (exact) mass is 501 g/mol. The van der Waals surface area contributed by atoms with E-state index < -0.39 is 0 Å². The number of aromatic nitrogens is 4. The maximum absolute atomic E-state index is 13.5. The highest BCUT2D eigenvalue weighted by molar-refractivity contribution is 6.30. The van der Waals surface area contributed by atoms with Crippen LogP contribution >= 0.6 is 11.6 Å². The average molecular weight is 502 g/mol. The Morgan fingerprint density at radius 1 is 1.03 bits per heavy atom. The summed E-state index contributed by atoms with van der Waals surface area (Å²) < 4.78 is 16.4. The number of hydrogen-bond donors (Lipinski definition) is 0. The molecule has 4 heterocycles. The number of hydrogen-bond acceptors (Lipinski definition) is 6. The van der Waals surface area contributed by atoms with Gasteiger partial charge in [-0.3, -0.25) is 13.9 Å². The Hall–Kier alpha value is -2.46. The fraction of sp³-hybridized carbons (Fsp3) is 0.560. The quantitative estimate of drug-likeness (QED) is 0.494. The van der Waals surface area contributed by atoms with Crippen LogP contribution < -0.4 is 11.2 Å². The summed E-state index contributed by atoms with van der Waals surface area (Å²) in [6.07, 6.45) is 3.18. The van der Waals surface area contributed by atoms with Crippen LogP contribution in [0.3, 0.4) is 0 Å². The molecule has 35 heavy (non-hydrogen) atoms. The lowest BCUT2D eigenvalue weighted by Gasteiger charge is -2.37. The number of likely N-dealkylation sites (tertiary alicyclic amines) is 1. The van der Waals surface area contributed by atoms with Crippen LogP contribution in [0.15, 0.2) is 33.9 Å². The third-order valence-electron chi connectivity index (χ3n) is 7.19. The molecule has 0 amide bonds. The van der Waals surface area contributed by atoms with Crippen LogP contribution in [-0.4, -0.2) is 62.2 Å². The minimum atomic E-state index is -0.388. The van der Waals surface area contributed by atoms with Crippen molar-refractivity contribution in [1.29, 1.82) is 0 Å². The third kappa shape index (κ3) is 4.70. The van der Waals surface area contributed by atoms with E-state index in [1.807, 2.05) is 30.7 Å². The highest BCUT2D eigenvalue weighted by atomic mass is 35.5. The number of ether oxygens (including phenoxy) is 2. The fourth-order valence-corrected chi connectivity index (χ4v) is 5.32. The Bertz CT molecular complexity index is 1310. The predicted octanol–water partition coefficient (Wildman–Crippen LogP) is 2.39. The zero-order chi connectivity index (χ0) is 24.6. The number of fused-ring (bicyclic) bond motifs is 1. The summed E-state index contributed by atoms with van der Waals surface area (Å²) in [5.41, 5.74) is 1.13. The van der Waals surface area contributed by atoms with Gasteiger partial charge in [0.05, 0.1) is 19.8 Å². The molecule has 2 aliphatic heterocycles. The Kier molecular flexibility index (Phi) is 6.85. The van der Waals surface area contributed by atoms with Gasteiger partial charge in [-0.2, -0.15) is 0 Å². The van der Waals surface area contributed by atoms with Crippen LogP contribution in [-0.2, 0) is 36.0 Å². The summed E-state index contributed by atoms with van der Waals surface area (Å²) in [4.78, 5) is 34.0. The summed E-state index contributed by atoms with van der Waals surface area (Å²) >= 11 is 6.01. The molecule has 0 N–H and O–H groups in total. The second-order valence-electron chi connectivity index (χ2n) is 9.37. The molecule has 2 aromatic heterocycles. The maximum atomic E-state index is 13.5. The molecule has 5 rings (SSSR count). The molecule has 2 fully saturated rings. The molecular formula is C25H32ClN5O4. The van der Waals surface area contributed by atoms with E-state index in [4.69, 9.17) is 21.1 Å². The number of piperidine rings is 1. The summed E-state index contributed by atoms with van der Waals surface area (Å²) in [5, 5.41) is 0.614. The molecule has 3 aromatic rings. The van der Waals surface area contributed by atoms with Crippen LogP contribution in [0, 0.1) is 0 Å². The van der Waals surface area contributed by atoms with Crippen molar-refractivity contribution in [3.63, 3.8) is 0 Å². The normalized spacial score (nSPS) is 18.1. The van der Waals surface area contributed by atoms with Gasteiger partial charge in [0, 0.05) is 51.0 Å². The number of rotatable bonds is 7. The van der Waals surface area contributed by atoms with E-state index in [9.17, 15) is 9.59 Å². The van der Waals surface area contributed by atoms with Crippen molar-refractivity contribution in [3.8, 4) is 0 Å². The highest BCUT2D eigenvalue weighted by Crippen LogP contribution is 2.31. The van der Waals surface area contributed by atoms with Crippen LogP contribution in [0.25, 0.3) is 11.2 Å². The molecule has 0 saturated carbocycles. The van der Waals surface area contributed by atoms with Gasteiger partial charge in [-0.1, -0.05) is 30.7 Å². The predicted molar refractivity (Wildman–Crippen MR) is 134 cm³/mol. The van der Waals surface area contributed by atoms with Gasteiger partial charge >= 0.3 is 5.69 Å². The van der Waals surface area contributed by atoms with Crippen molar-refractivity contribution in [2.24, 2.45) is 7.05 Å². The van der Waals surface area contributed by atoms with Crippen molar-refractivity contribution in [2.45, 2.75) is 51.5 Å². The number of aryl methyl sites for hydroxylation is 3. The van der Waals surface area contributed by atoms with E-state index in [0.29, 0.717) is 42.4 Å². The summed E-state index contributed by atoms with van der Waals surface area (Å²) in [6, 6.07) is 7.21. The first-order valence-corrected chi connectivity index (χ1v) is 12.7. The van der Waals surface area contributed by atoms with Gasteiger partial charge in [0.1, 0.15) is 5.82 Å². The average Bonchev–Trinajstić information content (AvgIpc) is 3.45. The first-order chi connectivity index (χ1) is 16.9. The molecule has 0 aliphatic carbocycles. The molecule has 2 saturated heterocycles. The van der Waals surface area contributed by atoms with Crippen LogP contribution in [0.4, 0.5) is 0 Å². The van der Waals surface area contributed by atoms with Crippen LogP contribution in [0.2, 0.25) is 5.02 Å². The minimum Gasteiger partial charge on any atom is -0.347 e. The topological polar surface area (TPSA) is 83.5 Å². The molecule has 9 nitrogen and oxygen atoms in total. The molecule has 188 valence electrons. The second kappa shape index (κ2) is 9.89. The van der Waals surface area contributed by atoms with E-state index >= 15 is 0 Å². The Balaban J connectivity index is 1.40. The number of nitrogens with zero attached hydrogens (tertiary/aromatic N) is 5. The van der Waals surface area contributed by atoms with E-state index in [0.717, 1.165) is 50.3 Å². The molecule has 1 aromatic carbocycles. The zero-order valence-corrected chi connectivity index (χ0v) is 21.1. The van der Waals surface area contributed by atoms with E-state index in [1.54, 1.807) is 16.7 Å². The first-order valence-electron chi connectivity index (χ1n) is 12.3. The van der Waals surface area contributed by atoms with E-state index in [1.165, 1.54) is 4.57 Å². The van der Waals surface area contributed by atoms with Gasteiger partial charge < -0.3 is 18.9 Å². The molecule has 10 heteroatoms. The molecule has 1 spiro atoms. The summed E-state index contributed by atoms with van der Waals surface area (Å²) in [7, 11) is 1.84. The number of halogens is 1. The van der Waals surface area contributed by atoms with Crippen molar-refractivity contribution in [3.05, 3.63) is 61.5 Å². The lowest BCUT2D eigenvalue weighted by molar-refractivity contribution is -0.185. The molecule has 0 unspecified atom stereocenters. The standard InChI is InChI=1S/C25H32ClN5O4/c1-3-20-27-22-21(28(20)2)23(32)31(17-18-5-7-19(26)8-6-18)24(33)30(22)12-4-11-29-13-9-25(10-14-29)34-15-16-35-25/h5-8H,3-4,9-17H2,1-2H3. The smallest absolute Gasteiger partial charge is 0.333 e. The summed E-state index contributed by atoms with van der Waals surface area (Å²) in [5.74, 6) is 0.397. The number of imidazole rings is 1. The Morgan fingerprint density at radius 2 is 1.71 bits per heavy atom. The van der Waals surface area contributed by atoms with Gasteiger partial charge in [-0.05, 0) is 30.7 Å². The molecule has 2 aliphatic rings. The largest absolute Gasteiger partial charge is 0.347 e. The molecule has 0 radical (unpaired) electrons. The van der Waals surface area contributed by atoms with Gasteiger partial charge in [0.2, 0.25) is 0 Å². The Labute approximate surface area is 208 Å². The third-order valence-corrected chi connectivity index (χ3v) is 7.44. The van der Waals surface area contributed by atoms with Gasteiger partial charge in [-0.15, -0.1) is 0 Å². The molecule has 0 atom stereocenters. The SMILES string of the molecule is CCc1nc2c(c(=O)n(Cc3ccc(Cl)cc3)c(=O)n2CCCN2CCC3(CC2)OCCO3)n1C. The van der Waals surface area contributed by atoms with Crippen LogP contribution in [0.1, 0.15) is 37.6 Å². The molecular weight excluding hydrogens is 470 g/mol. The van der Waals surface area contributed by atoms with E-state index in [2.05, 4.69) is 9.88 Å². The van der Waals surface area contributed by atoms with Gasteiger partial charge in [0.25, 0.3) is 5.56 Å². The minimum absolute atomic E-state index is 0.186. The molecule has 0 bridgehead atoms. The van der Waals surface area contributed by atoms with Crippen molar-refractivity contribution in [2.75, 3.05) is 32.8 Å².